The number of carbonyl (C=O) groups is 1. The third-order valence-corrected chi connectivity index (χ3v) is 8.09. The molecule has 0 bridgehead atoms. The van der Waals surface area contributed by atoms with E-state index in [0.717, 1.165) is 25.8 Å². The van der Waals surface area contributed by atoms with Crippen LogP contribution in [0.25, 0.3) is 0 Å². The van der Waals surface area contributed by atoms with Crippen LogP contribution in [0.1, 0.15) is 53.4 Å². The molecule has 0 saturated carbocycles. The second-order valence-corrected chi connectivity index (χ2v) is 11.0. The van der Waals surface area contributed by atoms with E-state index in [9.17, 15) is 15.0 Å². The van der Waals surface area contributed by atoms with E-state index in [4.69, 9.17) is 16.3 Å². The van der Waals surface area contributed by atoms with Gasteiger partial charge in [0, 0.05) is 18.8 Å². The van der Waals surface area contributed by atoms with Crippen LogP contribution in [0.4, 0.5) is 0 Å². The molecule has 8 heteroatoms. The Bertz CT molecular complexity index is 553. The number of aliphatic hydroxyl groups excluding tert-OH is 2. The number of thioether (sulfide) groups is 1. The number of halogens is 1. The summed E-state index contributed by atoms with van der Waals surface area (Å²) < 4.78 is 6.73. The van der Waals surface area contributed by atoms with Gasteiger partial charge in [-0.15, -0.1) is 23.4 Å². The van der Waals surface area contributed by atoms with E-state index in [-0.39, 0.29) is 17.4 Å². The number of amides is 1. The van der Waals surface area contributed by atoms with Crippen LogP contribution in [0, 0.1) is 5.92 Å². The van der Waals surface area contributed by atoms with E-state index in [0.29, 0.717) is 22.9 Å². The zero-order valence-corrected chi connectivity index (χ0v) is 20.2. The lowest BCUT2D eigenvalue weighted by atomic mass is 9.94. The maximum absolute atomic E-state index is 13.4. The molecule has 2 fully saturated rings. The Hall–Kier alpha value is -0.0500. The maximum Gasteiger partial charge on any atom is 0.278 e. The molecule has 2 aliphatic heterocycles. The number of nitrogens with one attached hydrogen (secondary N) is 1. The van der Waals surface area contributed by atoms with Crippen LogP contribution in [-0.2, 0) is 9.53 Å². The van der Waals surface area contributed by atoms with E-state index in [1.807, 2.05) is 6.26 Å². The molecular weight excluding hydrogens is 412 g/mol. The minimum Gasteiger partial charge on any atom is -0.390 e. The largest absolute Gasteiger partial charge is 0.390 e. The Kier molecular flexibility index (Phi) is 9.14. The number of rotatable bonds is 8. The molecule has 6 nitrogen and oxygen atoms in total. The average molecular weight is 452 g/mol. The molecule has 3 N–H and O–H groups in total. The van der Waals surface area contributed by atoms with Gasteiger partial charge in [-0.2, -0.15) is 0 Å². The van der Waals surface area contributed by atoms with Crippen LogP contribution >= 0.6 is 23.4 Å². The number of quaternary nitrogens is 1. The van der Waals surface area contributed by atoms with Crippen LogP contribution in [-0.4, -0.2) is 87.7 Å². The van der Waals surface area contributed by atoms with Gasteiger partial charge in [0.25, 0.3) is 5.91 Å². The fourth-order valence-electron chi connectivity index (χ4n) is 4.91. The number of hydrogen-bond donors (Lipinski definition) is 3. The van der Waals surface area contributed by atoms with Gasteiger partial charge in [-0.05, 0) is 33.4 Å². The van der Waals surface area contributed by atoms with Crippen molar-refractivity contribution >= 4 is 29.3 Å². The first kappa shape index (κ1) is 25.2. The molecule has 2 aliphatic rings. The van der Waals surface area contributed by atoms with Crippen LogP contribution in [0.3, 0.4) is 0 Å². The quantitative estimate of drug-likeness (QED) is 0.390. The summed E-state index contributed by atoms with van der Waals surface area (Å²) in [4.78, 5) is 13.4. The van der Waals surface area contributed by atoms with Gasteiger partial charge in [-0.1, -0.05) is 13.3 Å². The van der Waals surface area contributed by atoms with E-state index >= 15 is 0 Å². The highest BCUT2D eigenvalue weighted by molar-refractivity contribution is 7.99. The molecule has 0 aromatic carbocycles. The monoisotopic (exact) mass is 451 g/mol. The lowest BCUT2D eigenvalue weighted by Gasteiger charge is -2.43. The van der Waals surface area contributed by atoms with Gasteiger partial charge in [0.1, 0.15) is 17.6 Å². The van der Waals surface area contributed by atoms with Crippen LogP contribution in [0.15, 0.2) is 0 Å². The second-order valence-electron chi connectivity index (χ2n) is 9.30. The number of carbonyl (C=O) groups excluding carboxylic acids is 1. The van der Waals surface area contributed by atoms with Gasteiger partial charge in [0.2, 0.25) is 0 Å². The lowest BCUT2D eigenvalue weighted by Crippen LogP contribution is -2.64. The smallest absolute Gasteiger partial charge is 0.278 e. The molecule has 2 unspecified atom stereocenters. The molecule has 0 aromatic heterocycles. The molecule has 0 aromatic rings. The van der Waals surface area contributed by atoms with E-state index < -0.39 is 29.7 Å². The van der Waals surface area contributed by atoms with Gasteiger partial charge in [0.05, 0.1) is 37.2 Å². The van der Waals surface area contributed by atoms with Crippen molar-refractivity contribution in [3.63, 3.8) is 0 Å². The summed E-state index contributed by atoms with van der Waals surface area (Å²) in [6.07, 6.45) is 2.67. The molecule has 1 amide bonds. The minimum absolute atomic E-state index is 0.0335. The highest BCUT2D eigenvalue weighted by atomic mass is 35.5. The number of likely N-dealkylation sites (tertiary alicyclic amines) is 1. The van der Waals surface area contributed by atoms with Crippen LogP contribution in [0.5, 0.6) is 0 Å². The molecule has 29 heavy (non-hydrogen) atoms. The predicted molar refractivity (Wildman–Crippen MR) is 119 cm³/mol. The van der Waals surface area contributed by atoms with Crippen molar-refractivity contribution < 1.29 is 24.2 Å². The summed E-state index contributed by atoms with van der Waals surface area (Å²) in [6, 6.07) is -0.389. The van der Waals surface area contributed by atoms with Gasteiger partial charge in [-0.3, -0.25) is 4.79 Å². The predicted octanol–water partition coefficient (Wildman–Crippen LogP) is 2.34. The molecule has 0 spiro atoms. The van der Waals surface area contributed by atoms with E-state index in [2.05, 4.69) is 33.1 Å². The van der Waals surface area contributed by atoms with Gasteiger partial charge >= 0.3 is 0 Å². The zero-order chi connectivity index (χ0) is 21.9. The minimum atomic E-state index is -1.08. The lowest BCUT2D eigenvalue weighted by molar-refractivity contribution is -0.933. The zero-order valence-electron chi connectivity index (χ0n) is 18.7. The number of likely N-dealkylation sites (N-methyl/N-ethyl adjacent to an activating group) is 1. The van der Waals surface area contributed by atoms with Gasteiger partial charge in [0.15, 0.2) is 6.04 Å². The fraction of sp³-hybridized carbons (Fsp3) is 0.952. The Balaban J connectivity index is 2.20. The van der Waals surface area contributed by atoms with Crippen molar-refractivity contribution in [1.29, 1.82) is 0 Å². The summed E-state index contributed by atoms with van der Waals surface area (Å²) in [5, 5.41) is 23.5. The Morgan fingerprint density at radius 2 is 1.97 bits per heavy atom. The Morgan fingerprint density at radius 3 is 2.48 bits per heavy atom. The van der Waals surface area contributed by atoms with Crippen molar-refractivity contribution in [3.8, 4) is 0 Å². The first-order valence-corrected chi connectivity index (χ1v) is 12.6. The van der Waals surface area contributed by atoms with Crippen LogP contribution in [0.2, 0.25) is 0 Å². The molecule has 170 valence electrons. The Labute approximate surface area is 185 Å². The second kappa shape index (κ2) is 10.5. The van der Waals surface area contributed by atoms with E-state index in [1.165, 1.54) is 11.8 Å². The van der Waals surface area contributed by atoms with Crippen molar-refractivity contribution in [2.24, 2.45) is 5.92 Å². The van der Waals surface area contributed by atoms with Crippen molar-refractivity contribution in [2.45, 2.75) is 101 Å². The SMILES string of the molecule is CCC[C@@H]1C[C@@H](C(=O)NC([C@H](C)Cl)[C@H]2O[C@H](SC)C[C@@H](O)[C@H]2O)[N+](C)(C(C)C)C1. The number of alkyl halides is 1. The molecular formula is C21H40ClN2O4S+. The maximum atomic E-state index is 13.4. The summed E-state index contributed by atoms with van der Waals surface area (Å²) in [5.74, 6) is 0.503. The van der Waals surface area contributed by atoms with Crippen molar-refractivity contribution in [1.82, 2.24) is 5.32 Å². The normalized spacial score (nSPS) is 40.1. The third-order valence-electron chi connectivity index (χ3n) is 6.99. The van der Waals surface area contributed by atoms with Gasteiger partial charge in [-0.25, -0.2) is 0 Å². The van der Waals surface area contributed by atoms with Crippen LogP contribution < -0.4 is 5.32 Å². The Morgan fingerprint density at radius 1 is 1.31 bits per heavy atom. The molecule has 2 rings (SSSR count). The standard InChI is InChI=1S/C21H39ClN2O4S/c1-7-8-14-9-15(24(5,11-14)12(2)3)21(27)23-18(13(4)22)20-19(26)16(25)10-17(28-20)29-6/h12-20,25-26H,7-11H2,1-6H3/p+1/t13-,14+,15-,16+,17+,18?,19+,20+,24?/m0/s1. The molecule has 0 radical (unpaired) electrons. The van der Waals surface area contributed by atoms with E-state index in [1.54, 1.807) is 6.92 Å². The first-order chi connectivity index (χ1) is 13.5. The first-order valence-electron chi connectivity index (χ1n) is 10.9. The molecule has 2 saturated heterocycles. The summed E-state index contributed by atoms with van der Waals surface area (Å²) in [5.41, 5.74) is -0.231. The highest BCUT2D eigenvalue weighted by Crippen LogP contribution is 2.35. The molecule has 2 heterocycles. The summed E-state index contributed by atoms with van der Waals surface area (Å²) >= 11 is 7.93. The highest BCUT2D eigenvalue weighted by Gasteiger charge is 2.51. The topological polar surface area (TPSA) is 78.8 Å². The fourth-order valence-corrected chi connectivity index (χ4v) is 5.75. The average Bonchev–Trinajstić information content (AvgIpc) is 3.00. The molecule has 0 aliphatic carbocycles. The third kappa shape index (κ3) is 5.60. The van der Waals surface area contributed by atoms with Gasteiger partial charge < -0.3 is 24.7 Å². The number of ether oxygens (including phenoxy) is 1. The number of nitrogens with zero attached hydrogens (tertiary/aromatic N) is 1. The number of hydrogen-bond acceptors (Lipinski definition) is 5. The summed E-state index contributed by atoms with van der Waals surface area (Å²) in [6.45, 7) is 9.32. The van der Waals surface area contributed by atoms with Crippen molar-refractivity contribution in [2.75, 3.05) is 19.8 Å². The van der Waals surface area contributed by atoms with Crippen molar-refractivity contribution in [3.05, 3.63) is 0 Å². The summed E-state index contributed by atoms with van der Waals surface area (Å²) in [7, 11) is 2.17. The number of aliphatic hydroxyl groups is 2. The molecule has 9 atom stereocenters.